The van der Waals surface area contributed by atoms with E-state index in [2.05, 4.69) is 0 Å². The number of hydrogen-bond donors (Lipinski definition) is 3. The van der Waals surface area contributed by atoms with Crippen LogP contribution in [0.3, 0.4) is 0 Å². The molecule has 1 aliphatic rings. The van der Waals surface area contributed by atoms with Crippen molar-refractivity contribution in [2.45, 2.75) is 64.1 Å². The van der Waals surface area contributed by atoms with Crippen molar-refractivity contribution in [3.8, 4) is 0 Å². The second-order valence-corrected chi connectivity index (χ2v) is 6.84. The highest BCUT2D eigenvalue weighted by Gasteiger charge is 2.39. The zero-order valence-corrected chi connectivity index (χ0v) is 16.0. The van der Waals surface area contributed by atoms with Crippen molar-refractivity contribution in [2.24, 2.45) is 11.8 Å². The first-order valence-corrected chi connectivity index (χ1v) is 9.69. The molecule has 0 aromatic carbocycles. The largest absolute Gasteiger partial charge is 0.481 e. The van der Waals surface area contributed by atoms with Crippen molar-refractivity contribution in [1.29, 1.82) is 0 Å². The molecule has 1 fully saturated rings. The van der Waals surface area contributed by atoms with Gasteiger partial charge in [0.15, 0.2) is 0 Å². The molecule has 0 spiro atoms. The number of carboxylic acid groups (broad SMARTS) is 1. The summed E-state index contributed by atoms with van der Waals surface area (Å²) in [4.78, 5) is 22.5. The summed E-state index contributed by atoms with van der Waals surface area (Å²) in [6.07, 6.45) is 17.7. The molecule has 3 N–H and O–H groups in total. The molecular formula is C22H32O5. The van der Waals surface area contributed by atoms with Gasteiger partial charge in [-0.15, -0.1) is 0 Å². The summed E-state index contributed by atoms with van der Waals surface area (Å²) in [5.41, 5.74) is 0. The van der Waals surface area contributed by atoms with Gasteiger partial charge in [0.25, 0.3) is 0 Å². The van der Waals surface area contributed by atoms with Crippen LogP contribution in [0.1, 0.15) is 51.9 Å². The number of aliphatic carboxylic acids is 1. The summed E-state index contributed by atoms with van der Waals surface area (Å²) in [5.74, 6) is -1.16. The summed E-state index contributed by atoms with van der Waals surface area (Å²) in [5, 5.41) is 28.2. The Bertz CT molecular complexity index is 573. The molecule has 0 aliphatic heterocycles. The van der Waals surface area contributed by atoms with Crippen LogP contribution in [0.25, 0.3) is 0 Å². The van der Waals surface area contributed by atoms with E-state index in [-0.39, 0.29) is 30.5 Å². The number of aliphatic hydroxyl groups excluding tert-OH is 2. The van der Waals surface area contributed by atoms with E-state index < -0.39 is 18.2 Å². The van der Waals surface area contributed by atoms with Crippen LogP contribution < -0.4 is 0 Å². The van der Waals surface area contributed by atoms with Crippen LogP contribution in [0.15, 0.2) is 48.6 Å². The van der Waals surface area contributed by atoms with Gasteiger partial charge in [0, 0.05) is 24.7 Å². The van der Waals surface area contributed by atoms with Crippen LogP contribution >= 0.6 is 0 Å². The maximum atomic E-state index is 12.1. The lowest BCUT2D eigenvalue weighted by Gasteiger charge is -2.16. The molecule has 0 radical (unpaired) electrons. The van der Waals surface area contributed by atoms with Gasteiger partial charge in [-0.2, -0.15) is 0 Å². The van der Waals surface area contributed by atoms with E-state index >= 15 is 0 Å². The van der Waals surface area contributed by atoms with Gasteiger partial charge in [-0.3, -0.25) is 9.59 Å². The number of Topliss-reactive ketones (excluding diaryl/α,β-unsaturated/α-hetero) is 1. The maximum absolute atomic E-state index is 12.1. The Kier molecular flexibility index (Phi) is 11.3. The molecule has 0 heterocycles. The fourth-order valence-electron chi connectivity index (χ4n) is 3.03. The smallest absolute Gasteiger partial charge is 0.303 e. The van der Waals surface area contributed by atoms with Gasteiger partial charge in [0.1, 0.15) is 5.78 Å². The molecule has 27 heavy (non-hydrogen) atoms. The molecule has 0 amide bonds. The van der Waals surface area contributed by atoms with Crippen molar-refractivity contribution in [3.05, 3.63) is 48.6 Å². The second-order valence-electron chi connectivity index (χ2n) is 6.84. The van der Waals surface area contributed by atoms with Crippen LogP contribution in [-0.2, 0) is 9.59 Å². The summed E-state index contributed by atoms with van der Waals surface area (Å²) in [6, 6.07) is 0. The monoisotopic (exact) mass is 376 g/mol. The fraction of sp³-hybridized carbons (Fsp3) is 0.545. The van der Waals surface area contributed by atoms with Gasteiger partial charge >= 0.3 is 5.97 Å². The van der Waals surface area contributed by atoms with E-state index in [0.717, 1.165) is 12.8 Å². The van der Waals surface area contributed by atoms with Crippen LogP contribution in [0.2, 0.25) is 0 Å². The fourth-order valence-corrected chi connectivity index (χ4v) is 3.03. The zero-order valence-electron chi connectivity index (χ0n) is 16.0. The summed E-state index contributed by atoms with van der Waals surface area (Å²) in [6.45, 7) is 1.88. The predicted molar refractivity (Wildman–Crippen MR) is 106 cm³/mol. The first kappa shape index (κ1) is 23.1. The van der Waals surface area contributed by atoms with Gasteiger partial charge in [0.2, 0.25) is 0 Å². The van der Waals surface area contributed by atoms with Gasteiger partial charge in [0.05, 0.1) is 12.2 Å². The number of carboxylic acids is 1. The third-order valence-electron chi connectivity index (χ3n) is 4.67. The average Bonchev–Trinajstić information content (AvgIpc) is 2.90. The predicted octanol–water partition coefficient (Wildman–Crippen LogP) is 3.58. The van der Waals surface area contributed by atoms with E-state index in [1.54, 1.807) is 12.2 Å². The number of carbonyl (C=O) groups excluding carboxylic acids is 1. The molecule has 4 atom stereocenters. The molecular weight excluding hydrogens is 344 g/mol. The Morgan fingerprint density at radius 1 is 1.15 bits per heavy atom. The van der Waals surface area contributed by atoms with E-state index in [4.69, 9.17) is 5.11 Å². The van der Waals surface area contributed by atoms with Crippen LogP contribution in [0.4, 0.5) is 0 Å². The SMILES string of the molecule is CC[C@H](O)/C=C/[C@H]1[C@H](C/C=C\C/C=C\C/C=C\CCC(=O)O)C(=O)C[C@@H]1O. The third-order valence-corrected chi connectivity index (χ3v) is 4.67. The molecule has 1 rings (SSSR count). The standard InChI is InChI=1S/C22H32O5/c1-2-17(23)14-15-19-18(20(24)16-21(19)25)12-10-8-6-4-3-5-7-9-11-13-22(26)27/h3-4,7-10,14-15,17-19,21,23,25H,2,5-6,11-13,16H2,1H3,(H,26,27)/b4-3-,9-7-,10-8-,15-14+/t17-,18-,19-,21-/m0/s1. The number of carbonyl (C=O) groups is 2. The Labute approximate surface area is 161 Å². The number of aliphatic hydroxyl groups is 2. The van der Waals surface area contributed by atoms with Crippen molar-refractivity contribution in [3.63, 3.8) is 0 Å². The van der Waals surface area contributed by atoms with Crippen molar-refractivity contribution in [1.82, 2.24) is 0 Å². The zero-order chi connectivity index (χ0) is 20.1. The second kappa shape index (κ2) is 13.2. The highest BCUT2D eigenvalue weighted by molar-refractivity contribution is 5.84. The maximum Gasteiger partial charge on any atom is 0.303 e. The van der Waals surface area contributed by atoms with Crippen LogP contribution in [-0.4, -0.2) is 39.3 Å². The molecule has 0 aromatic heterocycles. The molecule has 0 unspecified atom stereocenters. The molecule has 0 aromatic rings. The number of hydrogen-bond acceptors (Lipinski definition) is 4. The molecule has 5 heteroatoms. The summed E-state index contributed by atoms with van der Waals surface area (Å²) in [7, 11) is 0. The lowest BCUT2D eigenvalue weighted by molar-refractivity contribution is -0.136. The Morgan fingerprint density at radius 3 is 2.41 bits per heavy atom. The van der Waals surface area contributed by atoms with E-state index in [9.17, 15) is 19.8 Å². The number of rotatable bonds is 12. The first-order chi connectivity index (χ1) is 13.0. The lowest BCUT2D eigenvalue weighted by atomic mass is 9.90. The topological polar surface area (TPSA) is 94.8 Å². The minimum Gasteiger partial charge on any atom is -0.481 e. The molecule has 1 saturated carbocycles. The Morgan fingerprint density at radius 2 is 1.78 bits per heavy atom. The van der Waals surface area contributed by atoms with Gasteiger partial charge in [-0.05, 0) is 32.1 Å². The van der Waals surface area contributed by atoms with Crippen LogP contribution in [0.5, 0.6) is 0 Å². The highest BCUT2D eigenvalue weighted by atomic mass is 16.4. The molecule has 0 saturated heterocycles. The van der Waals surface area contributed by atoms with Crippen LogP contribution in [0, 0.1) is 11.8 Å². The molecule has 1 aliphatic carbocycles. The van der Waals surface area contributed by atoms with E-state index in [1.807, 2.05) is 43.4 Å². The Hall–Kier alpha value is -1.98. The van der Waals surface area contributed by atoms with Gasteiger partial charge < -0.3 is 15.3 Å². The van der Waals surface area contributed by atoms with Gasteiger partial charge in [-0.25, -0.2) is 0 Å². The Balaban J connectivity index is 2.35. The minimum absolute atomic E-state index is 0.0785. The highest BCUT2D eigenvalue weighted by Crippen LogP contribution is 2.33. The number of ketones is 1. The molecule has 5 nitrogen and oxygen atoms in total. The minimum atomic E-state index is -0.784. The summed E-state index contributed by atoms with van der Waals surface area (Å²) < 4.78 is 0. The normalized spacial score (nSPS) is 24.9. The lowest BCUT2D eigenvalue weighted by Crippen LogP contribution is -2.18. The van der Waals surface area contributed by atoms with E-state index in [1.165, 1.54) is 0 Å². The number of allylic oxidation sites excluding steroid dienone is 6. The summed E-state index contributed by atoms with van der Waals surface area (Å²) >= 11 is 0. The third kappa shape index (κ3) is 9.50. The quantitative estimate of drug-likeness (QED) is 0.453. The van der Waals surface area contributed by atoms with Crippen molar-refractivity contribution in [2.75, 3.05) is 0 Å². The average molecular weight is 376 g/mol. The first-order valence-electron chi connectivity index (χ1n) is 9.69. The van der Waals surface area contributed by atoms with Crippen molar-refractivity contribution < 1.29 is 24.9 Å². The molecule has 0 bridgehead atoms. The molecule has 150 valence electrons. The van der Waals surface area contributed by atoms with E-state index in [0.29, 0.717) is 19.3 Å². The van der Waals surface area contributed by atoms with Gasteiger partial charge in [-0.1, -0.05) is 55.5 Å². The van der Waals surface area contributed by atoms with Crippen molar-refractivity contribution >= 4 is 11.8 Å².